The lowest BCUT2D eigenvalue weighted by atomic mass is 9.93. The van der Waals surface area contributed by atoms with Crippen LogP contribution < -0.4 is 5.56 Å². The summed E-state index contributed by atoms with van der Waals surface area (Å²) >= 11 is 0. The van der Waals surface area contributed by atoms with Crippen LogP contribution in [0.4, 0.5) is 0 Å². The fourth-order valence-corrected chi connectivity index (χ4v) is 3.22. The maximum Gasteiger partial charge on any atom is 0.323 e. The predicted molar refractivity (Wildman–Crippen MR) is 95.4 cm³/mol. The first kappa shape index (κ1) is 18.2. The Kier molecular flexibility index (Phi) is 4.17. The van der Waals surface area contributed by atoms with Gasteiger partial charge in [-0.25, -0.2) is 0 Å². The molecule has 1 atom stereocenters. The molecule has 3 rings (SSSR count). The van der Waals surface area contributed by atoms with Gasteiger partial charge < -0.3 is 14.6 Å². The van der Waals surface area contributed by atoms with E-state index < -0.39 is 12.5 Å². The first-order valence-corrected chi connectivity index (χ1v) is 8.75. The summed E-state index contributed by atoms with van der Waals surface area (Å²) in [6.07, 6.45) is 0.748. The summed E-state index contributed by atoms with van der Waals surface area (Å²) in [6, 6.07) is 1.66. The quantitative estimate of drug-likeness (QED) is 0.894. The molecule has 8 nitrogen and oxygen atoms in total. The van der Waals surface area contributed by atoms with Crippen molar-refractivity contribution in [3.05, 3.63) is 33.4 Å². The lowest BCUT2D eigenvalue weighted by molar-refractivity contribution is -0.137. The largest absolute Gasteiger partial charge is 0.480 e. The number of fused-ring (bicyclic) bond motifs is 2. The average molecular weight is 360 g/mol. The summed E-state index contributed by atoms with van der Waals surface area (Å²) in [7, 11) is 0. The number of hydrogen-bond donors (Lipinski definition) is 1. The molecule has 0 saturated carbocycles. The van der Waals surface area contributed by atoms with Crippen LogP contribution in [0, 0.1) is 0 Å². The number of rotatable bonds is 4. The molecule has 1 amide bonds. The van der Waals surface area contributed by atoms with Crippen LogP contribution in [0.3, 0.4) is 0 Å². The molecule has 0 saturated heterocycles. The van der Waals surface area contributed by atoms with Crippen molar-refractivity contribution in [3.63, 3.8) is 0 Å². The number of hydrogen-bond acceptors (Lipinski definition) is 4. The van der Waals surface area contributed by atoms with Crippen molar-refractivity contribution in [1.29, 1.82) is 0 Å². The van der Waals surface area contributed by atoms with Crippen LogP contribution in [0.25, 0.3) is 5.65 Å². The summed E-state index contributed by atoms with van der Waals surface area (Å²) in [5, 5.41) is 13.8. The molecule has 1 aliphatic heterocycles. The van der Waals surface area contributed by atoms with Crippen molar-refractivity contribution in [1.82, 2.24) is 19.1 Å². The van der Waals surface area contributed by atoms with Gasteiger partial charge in [0.25, 0.3) is 11.5 Å². The van der Waals surface area contributed by atoms with Crippen LogP contribution >= 0.6 is 0 Å². The second-order valence-corrected chi connectivity index (χ2v) is 7.85. The van der Waals surface area contributed by atoms with E-state index in [1.54, 1.807) is 11.0 Å². The summed E-state index contributed by atoms with van der Waals surface area (Å²) < 4.78 is 2.64. The van der Waals surface area contributed by atoms with Gasteiger partial charge in [0, 0.05) is 17.5 Å². The average Bonchev–Trinajstić information content (AvgIpc) is 3.13. The topological polar surface area (TPSA) is 96.9 Å². The van der Waals surface area contributed by atoms with Crippen LogP contribution in [0.1, 0.15) is 62.8 Å². The van der Waals surface area contributed by atoms with Gasteiger partial charge in [-0.3, -0.25) is 14.4 Å². The van der Waals surface area contributed by atoms with Gasteiger partial charge in [-0.05, 0) is 13.3 Å². The van der Waals surface area contributed by atoms with Crippen LogP contribution in [0.15, 0.2) is 10.9 Å². The molecule has 26 heavy (non-hydrogen) atoms. The summed E-state index contributed by atoms with van der Waals surface area (Å²) in [6.45, 7) is 9.55. The molecule has 8 heteroatoms. The highest BCUT2D eigenvalue weighted by Gasteiger charge is 2.37. The third-order valence-electron chi connectivity index (χ3n) is 4.95. The van der Waals surface area contributed by atoms with E-state index in [2.05, 4.69) is 5.10 Å². The Morgan fingerprint density at radius 1 is 1.35 bits per heavy atom. The highest BCUT2D eigenvalue weighted by Crippen LogP contribution is 2.27. The molecule has 0 fully saturated rings. The number of amides is 1. The maximum atomic E-state index is 13.0. The molecule has 0 aromatic carbocycles. The maximum absolute atomic E-state index is 13.0. The van der Waals surface area contributed by atoms with Crippen molar-refractivity contribution in [2.75, 3.05) is 0 Å². The number of carboxylic acids is 1. The fraction of sp³-hybridized carbons (Fsp3) is 0.556. The summed E-state index contributed by atoms with van der Waals surface area (Å²) in [5.41, 5.74) is 0.824. The van der Waals surface area contributed by atoms with E-state index in [0.717, 1.165) is 6.42 Å². The molecular weight excluding hydrogens is 336 g/mol. The number of aliphatic carboxylic acids is 1. The van der Waals surface area contributed by atoms with Gasteiger partial charge in [0.15, 0.2) is 0 Å². The lowest BCUT2D eigenvalue weighted by Crippen LogP contribution is -2.33. The minimum atomic E-state index is -1.08. The molecule has 140 valence electrons. The molecule has 0 radical (unpaired) electrons. The van der Waals surface area contributed by atoms with E-state index in [0.29, 0.717) is 16.9 Å². The van der Waals surface area contributed by atoms with Crippen LogP contribution in [0.5, 0.6) is 0 Å². The molecular formula is C18H24N4O4. The van der Waals surface area contributed by atoms with Crippen LogP contribution in [-0.2, 0) is 23.3 Å². The molecule has 1 aliphatic rings. The summed E-state index contributed by atoms with van der Waals surface area (Å²) in [4.78, 5) is 38.9. The van der Waals surface area contributed by atoms with Gasteiger partial charge >= 0.3 is 5.97 Å². The zero-order valence-corrected chi connectivity index (χ0v) is 15.7. The Morgan fingerprint density at radius 3 is 2.54 bits per heavy atom. The fourth-order valence-electron chi connectivity index (χ4n) is 3.22. The Bertz CT molecular complexity index is 964. The van der Waals surface area contributed by atoms with Gasteiger partial charge in [-0.2, -0.15) is 9.61 Å². The van der Waals surface area contributed by atoms with E-state index in [1.165, 1.54) is 9.08 Å². The van der Waals surface area contributed by atoms with E-state index in [1.807, 2.05) is 34.6 Å². The van der Waals surface area contributed by atoms with Gasteiger partial charge in [0.1, 0.15) is 17.9 Å². The van der Waals surface area contributed by atoms with E-state index >= 15 is 0 Å². The number of aromatic nitrogens is 3. The molecule has 1 N–H and O–H groups in total. The molecule has 0 unspecified atom stereocenters. The minimum absolute atomic E-state index is 0.0370. The molecule has 0 bridgehead atoms. The molecule has 3 heterocycles. The summed E-state index contributed by atoms with van der Waals surface area (Å²) in [5.74, 6) is -1.38. The number of carbonyl (C=O) groups is 2. The first-order valence-electron chi connectivity index (χ1n) is 8.75. The smallest absolute Gasteiger partial charge is 0.323 e. The highest BCUT2D eigenvalue weighted by atomic mass is 16.4. The van der Waals surface area contributed by atoms with E-state index in [-0.39, 0.29) is 35.2 Å². The van der Waals surface area contributed by atoms with E-state index in [4.69, 9.17) is 0 Å². The van der Waals surface area contributed by atoms with Gasteiger partial charge in [-0.15, -0.1) is 0 Å². The zero-order valence-electron chi connectivity index (χ0n) is 15.7. The predicted octanol–water partition coefficient (Wildman–Crippen LogP) is 1.63. The molecule has 2 aromatic rings. The van der Waals surface area contributed by atoms with Gasteiger partial charge in [0.05, 0.1) is 17.8 Å². The van der Waals surface area contributed by atoms with Crippen molar-refractivity contribution in [2.24, 2.45) is 0 Å². The normalized spacial score (nSPS) is 15.6. The van der Waals surface area contributed by atoms with E-state index in [9.17, 15) is 19.5 Å². The lowest BCUT2D eigenvalue weighted by Gasteiger charge is -2.22. The number of carbonyl (C=O) groups excluding carboxylic acids is 1. The van der Waals surface area contributed by atoms with Crippen LogP contribution in [-0.4, -0.2) is 42.1 Å². The Morgan fingerprint density at radius 2 is 2.00 bits per heavy atom. The zero-order chi connectivity index (χ0) is 19.4. The highest BCUT2D eigenvalue weighted by molar-refractivity contribution is 5.97. The van der Waals surface area contributed by atoms with Crippen molar-refractivity contribution >= 4 is 17.5 Å². The Labute approximate surface area is 151 Å². The van der Waals surface area contributed by atoms with Crippen molar-refractivity contribution in [2.45, 2.75) is 65.6 Å². The van der Waals surface area contributed by atoms with Gasteiger partial charge in [0.2, 0.25) is 0 Å². The van der Waals surface area contributed by atoms with Crippen molar-refractivity contribution in [3.8, 4) is 0 Å². The molecule has 0 aliphatic carbocycles. The monoisotopic (exact) mass is 360 g/mol. The molecule has 2 aromatic heterocycles. The Hall–Kier alpha value is -2.64. The standard InChI is InChI=1S/C18H24N4O4/c1-6-10(2)20-8-11-15(17(20)26)21(9-14(23)24)13-7-12(18(3,4)5)19-22(13)16(11)25/h7,10H,6,8-9H2,1-5H3,(H,23,24)/t10-/m1/s1. The van der Waals surface area contributed by atoms with Crippen molar-refractivity contribution < 1.29 is 14.7 Å². The first-order chi connectivity index (χ1) is 12.1. The third kappa shape index (κ3) is 2.69. The second kappa shape index (κ2) is 5.96. The molecule has 0 spiro atoms. The van der Waals surface area contributed by atoms with Gasteiger partial charge in [-0.1, -0.05) is 27.7 Å². The minimum Gasteiger partial charge on any atom is -0.480 e. The Balaban J connectivity index is 2.32. The van der Waals surface area contributed by atoms with Crippen LogP contribution in [0.2, 0.25) is 0 Å². The number of nitrogens with zero attached hydrogens (tertiary/aromatic N) is 4. The third-order valence-corrected chi connectivity index (χ3v) is 4.95. The SMILES string of the molecule is CC[C@@H](C)N1Cc2c(n(CC(=O)O)c3cc(C(C)(C)C)nn3c2=O)C1=O. The number of carboxylic acid groups (broad SMARTS) is 1. The second-order valence-electron chi connectivity index (χ2n) is 7.85.